The number of carbonyl (C=O) groups is 1. The topological polar surface area (TPSA) is 113 Å². The van der Waals surface area contributed by atoms with Crippen LogP contribution in [0.1, 0.15) is 12.8 Å². The molecule has 0 aliphatic carbocycles. The van der Waals surface area contributed by atoms with E-state index in [4.69, 9.17) is 10.3 Å². The molecule has 2 aliphatic heterocycles. The Morgan fingerprint density at radius 2 is 2.19 bits per heavy atom. The van der Waals surface area contributed by atoms with Gasteiger partial charge >= 0.3 is 16.4 Å². The minimum atomic E-state index is -4.66. The molecule has 9 heteroatoms. The molecule has 0 saturated carbocycles. The molecule has 2 bridgehead atoms. The smallest absolute Gasteiger partial charge is 0.328 e. The first-order valence-electron chi connectivity index (χ1n) is 4.89. The summed E-state index contributed by atoms with van der Waals surface area (Å²) >= 11 is 0. The average Bonchev–Trinajstić information content (AvgIpc) is 2.43. The fourth-order valence-electron chi connectivity index (χ4n) is 2.16. The van der Waals surface area contributed by atoms with Crippen molar-refractivity contribution in [2.45, 2.75) is 24.9 Å². The van der Waals surface area contributed by atoms with Crippen molar-refractivity contribution in [3.05, 3.63) is 0 Å². The molecular weight excluding hydrogens is 238 g/mol. The van der Waals surface area contributed by atoms with Crippen molar-refractivity contribution >= 4 is 16.4 Å². The molecule has 3 N–H and O–H groups in total. The van der Waals surface area contributed by atoms with E-state index < -0.39 is 16.4 Å². The fraction of sp³-hybridized carbons (Fsp3) is 0.857. The molecule has 0 aromatic carbocycles. The second-order valence-corrected chi connectivity index (χ2v) is 4.89. The molecule has 16 heavy (non-hydrogen) atoms. The van der Waals surface area contributed by atoms with Crippen LogP contribution in [0.15, 0.2) is 0 Å². The Labute approximate surface area is 92.8 Å². The Morgan fingerprint density at radius 3 is 2.75 bits per heavy atom. The van der Waals surface area contributed by atoms with Crippen LogP contribution in [0.3, 0.4) is 0 Å². The lowest BCUT2D eigenvalue weighted by molar-refractivity contribution is -0.0317. The summed E-state index contributed by atoms with van der Waals surface area (Å²) in [5.41, 5.74) is 5.50. The third-order valence-corrected chi connectivity index (χ3v) is 3.24. The molecule has 2 heterocycles. The number of piperidine rings is 1. The van der Waals surface area contributed by atoms with E-state index in [0.29, 0.717) is 31.0 Å². The molecule has 2 saturated heterocycles. The van der Waals surface area contributed by atoms with Crippen molar-refractivity contribution in [3.63, 3.8) is 0 Å². The summed E-state index contributed by atoms with van der Waals surface area (Å²) in [6.07, 6.45) is 1.32. The van der Waals surface area contributed by atoms with Gasteiger partial charge in [0, 0.05) is 19.1 Å². The maximum Gasteiger partial charge on any atom is 0.418 e. The van der Waals surface area contributed by atoms with Crippen molar-refractivity contribution < 1.29 is 22.0 Å². The number of hydrogen-bond donors (Lipinski definition) is 2. The van der Waals surface area contributed by atoms with Crippen LogP contribution in [0, 0.1) is 0 Å². The molecule has 0 aromatic rings. The van der Waals surface area contributed by atoms with Gasteiger partial charge in [0.25, 0.3) is 0 Å². The number of hydroxylamine groups is 2. The van der Waals surface area contributed by atoms with Gasteiger partial charge in [-0.2, -0.15) is 13.5 Å². The van der Waals surface area contributed by atoms with Crippen LogP contribution in [0.25, 0.3) is 0 Å². The number of carbonyl (C=O) groups excluding carboxylic acids is 1. The van der Waals surface area contributed by atoms with Crippen molar-refractivity contribution in [3.8, 4) is 0 Å². The van der Waals surface area contributed by atoms with Crippen molar-refractivity contribution in [1.82, 2.24) is 9.96 Å². The fourth-order valence-corrected chi connectivity index (χ4v) is 2.54. The minimum Gasteiger partial charge on any atom is -0.328 e. The molecule has 2 atom stereocenters. The number of urea groups is 1. The zero-order valence-corrected chi connectivity index (χ0v) is 9.26. The Hall–Kier alpha value is -0.900. The molecular formula is C7H13N3O5S. The average molecular weight is 251 g/mol. The summed E-state index contributed by atoms with van der Waals surface area (Å²) in [6, 6.07) is -0.980. The van der Waals surface area contributed by atoms with Crippen molar-refractivity contribution in [1.29, 1.82) is 0 Å². The lowest BCUT2D eigenvalue weighted by Gasteiger charge is -2.28. The van der Waals surface area contributed by atoms with E-state index in [0.717, 1.165) is 0 Å². The first-order valence-corrected chi connectivity index (χ1v) is 6.26. The van der Waals surface area contributed by atoms with E-state index >= 15 is 0 Å². The van der Waals surface area contributed by atoms with E-state index in [1.807, 2.05) is 0 Å². The van der Waals surface area contributed by atoms with Crippen LogP contribution in [-0.4, -0.2) is 54.1 Å². The SMILES string of the molecule is NC[C@@H]1CCC2CN1C(=O)N2OS(=O)(=O)O. The number of fused-ring (bicyclic) bond motifs is 2. The number of amides is 2. The predicted octanol–water partition coefficient (Wildman–Crippen LogP) is -1.05. The normalized spacial score (nSPS) is 30.0. The molecule has 2 aliphatic rings. The number of hydrogen-bond acceptors (Lipinski definition) is 5. The molecule has 92 valence electrons. The van der Waals surface area contributed by atoms with E-state index in [-0.39, 0.29) is 12.1 Å². The summed E-state index contributed by atoms with van der Waals surface area (Å²) in [5, 5.41) is 0.713. The van der Waals surface area contributed by atoms with Gasteiger partial charge in [-0.15, -0.1) is 4.28 Å². The highest BCUT2D eigenvalue weighted by Gasteiger charge is 2.46. The van der Waals surface area contributed by atoms with E-state index in [1.165, 1.54) is 4.90 Å². The second kappa shape index (κ2) is 3.84. The summed E-state index contributed by atoms with van der Waals surface area (Å²) in [4.78, 5) is 13.2. The minimum absolute atomic E-state index is 0.0845. The van der Waals surface area contributed by atoms with Crippen molar-refractivity contribution in [2.75, 3.05) is 13.1 Å². The van der Waals surface area contributed by atoms with Gasteiger partial charge in [-0.25, -0.2) is 4.79 Å². The highest BCUT2D eigenvalue weighted by atomic mass is 32.3. The van der Waals surface area contributed by atoms with Crippen molar-refractivity contribution in [2.24, 2.45) is 5.73 Å². The quantitative estimate of drug-likeness (QED) is 0.619. The molecule has 0 radical (unpaired) electrons. The van der Waals surface area contributed by atoms with Gasteiger partial charge in [0.15, 0.2) is 0 Å². The van der Waals surface area contributed by atoms with Gasteiger partial charge in [0.1, 0.15) is 0 Å². The van der Waals surface area contributed by atoms with E-state index in [9.17, 15) is 13.2 Å². The van der Waals surface area contributed by atoms with Gasteiger partial charge in [0.05, 0.1) is 6.04 Å². The predicted molar refractivity (Wildman–Crippen MR) is 52.4 cm³/mol. The maximum absolute atomic E-state index is 11.7. The monoisotopic (exact) mass is 251 g/mol. The molecule has 1 unspecified atom stereocenters. The molecule has 2 rings (SSSR count). The lowest BCUT2D eigenvalue weighted by Crippen LogP contribution is -2.44. The molecule has 8 nitrogen and oxygen atoms in total. The molecule has 2 amide bonds. The van der Waals surface area contributed by atoms with Crippen LogP contribution in [-0.2, 0) is 14.7 Å². The molecule has 0 aromatic heterocycles. The van der Waals surface area contributed by atoms with Gasteiger partial charge in [-0.1, -0.05) is 0 Å². The van der Waals surface area contributed by atoms with Gasteiger partial charge in [-0.3, -0.25) is 4.55 Å². The zero-order chi connectivity index (χ0) is 11.9. The third-order valence-electron chi connectivity index (χ3n) is 2.89. The second-order valence-electron chi connectivity index (χ2n) is 3.88. The summed E-state index contributed by atoms with van der Waals surface area (Å²) < 4.78 is 33.9. The Morgan fingerprint density at radius 1 is 1.50 bits per heavy atom. The molecule has 0 spiro atoms. The van der Waals surface area contributed by atoms with E-state index in [2.05, 4.69) is 4.28 Å². The Balaban J connectivity index is 2.16. The third kappa shape index (κ3) is 1.98. The highest BCUT2D eigenvalue weighted by Crippen LogP contribution is 2.29. The van der Waals surface area contributed by atoms with Crippen LogP contribution in [0.5, 0.6) is 0 Å². The Kier molecular flexibility index (Phi) is 2.78. The van der Waals surface area contributed by atoms with Crippen LogP contribution >= 0.6 is 0 Å². The zero-order valence-electron chi connectivity index (χ0n) is 8.44. The van der Waals surface area contributed by atoms with E-state index in [1.54, 1.807) is 0 Å². The molecule has 2 fully saturated rings. The van der Waals surface area contributed by atoms with Gasteiger partial charge in [-0.05, 0) is 12.8 Å². The van der Waals surface area contributed by atoms with Gasteiger partial charge in [0.2, 0.25) is 0 Å². The summed E-state index contributed by atoms with van der Waals surface area (Å²) in [5.74, 6) is 0. The summed E-state index contributed by atoms with van der Waals surface area (Å²) in [7, 11) is -4.66. The van der Waals surface area contributed by atoms with Gasteiger partial charge < -0.3 is 10.6 Å². The Bertz CT molecular complexity index is 397. The largest absolute Gasteiger partial charge is 0.418 e. The number of nitrogens with two attached hydrogens (primary N) is 1. The number of rotatable bonds is 3. The summed E-state index contributed by atoms with van der Waals surface area (Å²) in [6.45, 7) is 0.717. The lowest BCUT2D eigenvalue weighted by atomic mass is 10.0. The number of nitrogens with zero attached hydrogens (tertiary/aromatic N) is 2. The van der Waals surface area contributed by atoms with Crippen LogP contribution in [0.4, 0.5) is 4.79 Å². The van der Waals surface area contributed by atoms with Crippen LogP contribution in [0.2, 0.25) is 0 Å². The first-order chi connectivity index (χ1) is 7.42. The standard InChI is InChI=1S/C7H13N3O5S/c8-3-5-1-2-6-4-9(5)7(11)10(6)15-16(12,13)14/h5-6H,1-4,8H2,(H,12,13,14)/t5-,6?/m0/s1. The highest BCUT2D eigenvalue weighted by molar-refractivity contribution is 7.80. The maximum atomic E-state index is 11.7. The van der Waals surface area contributed by atoms with Crippen LogP contribution < -0.4 is 5.73 Å². The first kappa shape index (κ1) is 11.6.